The first-order valence-corrected chi connectivity index (χ1v) is 3.66. The second-order valence-corrected chi connectivity index (χ2v) is 2.51. The summed E-state index contributed by atoms with van der Waals surface area (Å²) in [5.74, 6) is -0.228. The number of hydrogen-bond donors (Lipinski definition) is 0. The first-order valence-electron chi connectivity index (χ1n) is 2.74. The van der Waals surface area contributed by atoms with Crippen LogP contribution in [0.1, 0.15) is 8.42 Å². The monoisotopic (exact) mass is 204 g/mol. The van der Waals surface area contributed by atoms with Crippen molar-refractivity contribution in [3.8, 4) is 0 Å². The maximum Gasteiger partial charge on any atom is 2.00 e. The van der Waals surface area contributed by atoms with Gasteiger partial charge in [-0.1, -0.05) is 17.7 Å². The van der Waals surface area contributed by atoms with E-state index < -0.39 is 0 Å². The first kappa shape index (κ1) is 11.5. The molecule has 0 saturated heterocycles. The quantitative estimate of drug-likeness (QED) is 0.488. The van der Waals surface area contributed by atoms with Crippen molar-refractivity contribution in [2.75, 3.05) is 0 Å². The number of alkyl halides is 1. The molecule has 0 aromatic heterocycles. The van der Waals surface area contributed by atoms with Crippen molar-refractivity contribution in [2.45, 2.75) is 5.88 Å². The minimum absolute atomic E-state index is 0. The van der Waals surface area contributed by atoms with Gasteiger partial charge in [0, 0.05) is 10.6 Å². The fraction of sp³-hybridized carbons (Fsp3) is 0.143. The van der Waals surface area contributed by atoms with Crippen LogP contribution in [0.2, 0.25) is 5.02 Å². The summed E-state index contributed by atoms with van der Waals surface area (Å²) in [5, 5.41) is 0.384. The van der Waals surface area contributed by atoms with Crippen molar-refractivity contribution in [3.63, 3.8) is 0 Å². The van der Waals surface area contributed by atoms with E-state index in [0.29, 0.717) is 10.6 Å². The van der Waals surface area contributed by atoms with E-state index >= 15 is 0 Å². The van der Waals surface area contributed by atoms with Gasteiger partial charge < -0.3 is 2.85 Å². The molecule has 0 spiro atoms. The van der Waals surface area contributed by atoms with Crippen molar-refractivity contribution in [1.82, 2.24) is 0 Å². The third-order valence-corrected chi connectivity index (χ3v) is 1.82. The first-order chi connectivity index (χ1) is 4.75. The van der Waals surface area contributed by atoms with E-state index in [1.54, 1.807) is 12.1 Å². The Bertz CT molecular complexity index is 228. The second kappa shape index (κ2) is 5.20. The van der Waals surface area contributed by atoms with E-state index in [1.165, 1.54) is 6.07 Å². The van der Waals surface area contributed by atoms with Crippen molar-refractivity contribution in [2.24, 2.45) is 0 Å². The molecule has 1 aromatic rings. The maximum atomic E-state index is 12.7. The van der Waals surface area contributed by atoms with Gasteiger partial charge in [-0.05, 0) is 12.1 Å². The number of hydrogen-bond acceptors (Lipinski definition) is 0. The summed E-state index contributed by atoms with van der Waals surface area (Å²) >= 11 is 11.0. The van der Waals surface area contributed by atoms with E-state index in [1.807, 2.05) is 0 Å². The van der Waals surface area contributed by atoms with Crippen LogP contribution in [-0.2, 0) is 5.88 Å². The van der Waals surface area contributed by atoms with Gasteiger partial charge in [0.1, 0.15) is 5.82 Å². The Morgan fingerprint density at radius 1 is 1.45 bits per heavy atom. The molecule has 0 heterocycles. The summed E-state index contributed by atoms with van der Waals surface area (Å²) in [4.78, 5) is 0. The molecule has 11 heavy (non-hydrogen) atoms. The molecular weight excluding hydrogens is 198 g/mol. The van der Waals surface area contributed by atoms with Crippen LogP contribution in [0.3, 0.4) is 0 Å². The molecule has 0 fully saturated rings. The van der Waals surface area contributed by atoms with Gasteiger partial charge in [-0.15, -0.1) is 11.6 Å². The maximum absolute atomic E-state index is 12.7. The third-order valence-electron chi connectivity index (χ3n) is 1.20. The average Bonchev–Trinajstić information content (AvgIpc) is 1.88. The molecule has 0 nitrogen and oxygen atoms in total. The summed E-state index contributed by atoms with van der Waals surface area (Å²) < 4.78 is 12.7. The van der Waals surface area contributed by atoms with Crippen LogP contribution in [-0.4, -0.2) is 23.1 Å². The predicted molar refractivity (Wildman–Crippen MR) is 48.9 cm³/mol. The Hall–Kier alpha value is 0.496. The van der Waals surface area contributed by atoms with Gasteiger partial charge in [-0.25, -0.2) is 4.39 Å². The SMILES string of the molecule is Fc1cccc(Cl)c1CCl.[H-].[H-].[Mg+2]. The molecule has 0 N–H and O–H groups in total. The van der Waals surface area contributed by atoms with Crippen LogP contribution >= 0.6 is 23.2 Å². The second-order valence-electron chi connectivity index (χ2n) is 1.83. The third kappa shape index (κ3) is 2.78. The van der Waals surface area contributed by atoms with E-state index in [4.69, 9.17) is 23.2 Å². The van der Waals surface area contributed by atoms with E-state index in [2.05, 4.69) is 0 Å². The largest absolute Gasteiger partial charge is 2.00 e. The molecule has 1 aromatic carbocycles. The van der Waals surface area contributed by atoms with Crippen LogP contribution in [0.5, 0.6) is 0 Å². The Balaban J connectivity index is -0.000000333. The van der Waals surface area contributed by atoms with E-state index in [9.17, 15) is 4.39 Å². The van der Waals surface area contributed by atoms with Gasteiger partial charge in [0.05, 0.1) is 5.88 Å². The van der Waals surface area contributed by atoms with Crippen molar-refractivity contribution < 1.29 is 7.24 Å². The van der Waals surface area contributed by atoms with Gasteiger partial charge in [0.25, 0.3) is 0 Å². The Morgan fingerprint density at radius 3 is 2.45 bits per heavy atom. The molecule has 58 valence electrons. The zero-order valence-electron chi connectivity index (χ0n) is 7.78. The minimum Gasteiger partial charge on any atom is -1.00 e. The summed E-state index contributed by atoms with van der Waals surface area (Å²) in [7, 11) is 0. The summed E-state index contributed by atoms with van der Waals surface area (Å²) in [6.45, 7) is 0. The van der Waals surface area contributed by atoms with Crippen molar-refractivity contribution in [3.05, 3.63) is 34.6 Å². The molecule has 1 rings (SSSR count). The summed E-state index contributed by atoms with van der Waals surface area (Å²) in [6, 6.07) is 4.50. The van der Waals surface area contributed by atoms with Gasteiger partial charge in [0.15, 0.2) is 0 Å². The number of halogens is 3. The summed E-state index contributed by atoms with van der Waals surface area (Å²) in [6.07, 6.45) is 0. The van der Waals surface area contributed by atoms with Gasteiger partial charge in [-0.2, -0.15) is 0 Å². The smallest absolute Gasteiger partial charge is 1.00 e. The predicted octanol–water partition coefficient (Wildman–Crippen LogP) is 3.06. The number of benzene rings is 1. The minimum atomic E-state index is -0.345. The van der Waals surface area contributed by atoms with Crippen LogP contribution in [0.4, 0.5) is 4.39 Å². The normalized spacial score (nSPS) is 9.00. The molecule has 0 bridgehead atoms. The average molecular weight is 205 g/mol. The molecule has 0 aliphatic carbocycles. The molecule has 0 amide bonds. The molecular formula is C7H7Cl2FMg. The Labute approximate surface area is 93.8 Å². The topological polar surface area (TPSA) is 0 Å². The van der Waals surface area contributed by atoms with E-state index in [-0.39, 0.29) is 37.6 Å². The summed E-state index contributed by atoms with van der Waals surface area (Å²) in [5.41, 5.74) is 0.367. The van der Waals surface area contributed by atoms with Gasteiger partial charge in [-0.3, -0.25) is 0 Å². The molecule has 0 aliphatic rings. The van der Waals surface area contributed by atoms with Gasteiger partial charge in [0.2, 0.25) is 0 Å². The van der Waals surface area contributed by atoms with Crippen LogP contribution < -0.4 is 0 Å². The zero-order chi connectivity index (χ0) is 7.56. The fourth-order valence-corrected chi connectivity index (χ4v) is 1.23. The van der Waals surface area contributed by atoms with Crippen molar-refractivity contribution >= 4 is 46.3 Å². The fourth-order valence-electron chi connectivity index (χ4n) is 0.660. The zero-order valence-corrected chi connectivity index (χ0v) is 8.71. The molecule has 0 saturated carbocycles. The molecule has 0 radical (unpaired) electrons. The molecule has 0 atom stereocenters. The molecule has 0 unspecified atom stereocenters. The van der Waals surface area contributed by atoms with Crippen LogP contribution in [0.15, 0.2) is 18.2 Å². The molecule has 4 heteroatoms. The van der Waals surface area contributed by atoms with Gasteiger partial charge >= 0.3 is 23.1 Å². The molecule has 0 aliphatic heterocycles. The standard InChI is InChI=1S/C7H5Cl2F.Mg.2H/c8-4-5-6(9)2-1-3-7(5)10;;;/h1-3H,4H2;;;/q;+2;2*-1. The van der Waals surface area contributed by atoms with E-state index in [0.717, 1.165) is 0 Å². The van der Waals surface area contributed by atoms with Crippen molar-refractivity contribution in [1.29, 1.82) is 0 Å². The van der Waals surface area contributed by atoms with Crippen LogP contribution in [0, 0.1) is 5.82 Å². The Morgan fingerprint density at radius 2 is 2.09 bits per heavy atom. The van der Waals surface area contributed by atoms with Crippen LogP contribution in [0.25, 0.3) is 0 Å². The number of rotatable bonds is 1. The Kier molecular flexibility index (Phi) is 5.43.